The Morgan fingerprint density at radius 1 is 1.36 bits per heavy atom. The van der Waals surface area contributed by atoms with Crippen LogP contribution in [0.25, 0.3) is 0 Å². The lowest BCUT2D eigenvalue weighted by atomic mass is 9.79. The number of carbonyl (C=O) groups excluding carboxylic acids is 1. The van der Waals surface area contributed by atoms with E-state index in [1.165, 1.54) is 19.1 Å². The number of allylic oxidation sites excluding steroid dienone is 4. The largest absolute Gasteiger partial charge is 0.398 e. The monoisotopic (exact) mass is 381 g/mol. The highest BCUT2D eigenvalue weighted by molar-refractivity contribution is 6.45. The summed E-state index contributed by atoms with van der Waals surface area (Å²) in [5, 5.41) is 11.0. The van der Waals surface area contributed by atoms with E-state index in [2.05, 4.69) is 33.9 Å². The third-order valence-electron chi connectivity index (χ3n) is 5.25. The van der Waals surface area contributed by atoms with Gasteiger partial charge in [0.05, 0.1) is 5.71 Å². The van der Waals surface area contributed by atoms with Crippen molar-refractivity contribution >= 4 is 17.3 Å². The third kappa shape index (κ3) is 4.32. The van der Waals surface area contributed by atoms with E-state index in [9.17, 15) is 4.79 Å². The SMILES string of the molecule is CNC(=O)/C(=N/OC)c1cccc(C)c1CO/N=C1\CCCC2CC=CC=C12. The first-order valence-electron chi connectivity index (χ1n) is 9.63. The maximum Gasteiger partial charge on any atom is 0.273 e. The van der Waals surface area contributed by atoms with Gasteiger partial charge in [-0.15, -0.1) is 0 Å². The maximum atomic E-state index is 12.2. The molecule has 6 heteroatoms. The number of likely N-dealkylation sites (N-methyl/N-ethyl adjacent to an activating group) is 1. The quantitative estimate of drug-likeness (QED) is 0.604. The summed E-state index contributed by atoms with van der Waals surface area (Å²) in [7, 11) is 2.99. The summed E-state index contributed by atoms with van der Waals surface area (Å²) in [5.41, 5.74) is 5.11. The van der Waals surface area contributed by atoms with E-state index < -0.39 is 0 Å². The molecule has 148 valence electrons. The first-order valence-corrected chi connectivity index (χ1v) is 9.63. The second-order valence-corrected chi connectivity index (χ2v) is 6.99. The molecule has 6 nitrogen and oxygen atoms in total. The minimum Gasteiger partial charge on any atom is -0.398 e. The molecule has 0 spiro atoms. The number of rotatable bonds is 6. The number of amides is 1. The van der Waals surface area contributed by atoms with Crippen molar-refractivity contribution in [2.24, 2.45) is 16.2 Å². The molecule has 1 aromatic carbocycles. The summed E-state index contributed by atoms with van der Waals surface area (Å²) in [6, 6.07) is 5.71. The second kappa shape index (κ2) is 9.35. The van der Waals surface area contributed by atoms with E-state index in [4.69, 9.17) is 9.68 Å². The fraction of sp³-hybridized carbons (Fsp3) is 0.409. The van der Waals surface area contributed by atoms with Gasteiger partial charge in [-0.2, -0.15) is 0 Å². The van der Waals surface area contributed by atoms with Gasteiger partial charge in [-0.25, -0.2) is 0 Å². The normalized spacial score (nSPS) is 20.4. The molecule has 0 heterocycles. The Morgan fingerprint density at radius 3 is 3.00 bits per heavy atom. The van der Waals surface area contributed by atoms with Gasteiger partial charge in [-0.1, -0.05) is 46.7 Å². The number of nitrogens with zero attached hydrogens (tertiary/aromatic N) is 2. The van der Waals surface area contributed by atoms with Crippen molar-refractivity contribution in [2.75, 3.05) is 14.2 Å². The van der Waals surface area contributed by atoms with Crippen molar-refractivity contribution in [1.82, 2.24) is 5.32 Å². The van der Waals surface area contributed by atoms with Crippen LogP contribution in [0.15, 0.2) is 52.3 Å². The van der Waals surface area contributed by atoms with Crippen LogP contribution in [0.1, 0.15) is 42.4 Å². The molecule has 3 rings (SSSR count). The van der Waals surface area contributed by atoms with E-state index in [0.717, 1.165) is 36.1 Å². The van der Waals surface area contributed by atoms with E-state index in [0.29, 0.717) is 11.5 Å². The highest BCUT2D eigenvalue weighted by Gasteiger charge is 2.25. The number of hydrogen-bond acceptors (Lipinski definition) is 5. The summed E-state index contributed by atoms with van der Waals surface area (Å²) >= 11 is 0. The summed E-state index contributed by atoms with van der Waals surface area (Å²) in [4.78, 5) is 22.9. The summed E-state index contributed by atoms with van der Waals surface area (Å²) in [6.07, 6.45) is 10.8. The van der Waals surface area contributed by atoms with Gasteiger partial charge < -0.3 is 15.0 Å². The van der Waals surface area contributed by atoms with E-state index in [-0.39, 0.29) is 18.2 Å². The number of oxime groups is 2. The van der Waals surface area contributed by atoms with Crippen LogP contribution in [-0.4, -0.2) is 31.5 Å². The number of fused-ring (bicyclic) bond motifs is 1. The Bertz CT molecular complexity index is 853. The second-order valence-electron chi connectivity index (χ2n) is 6.99. The van der Waals surface area contributed by atoms with Crippen molar-refractivity contribution in [1.29, 1.82) is 0 Å². The Morgan fingerprint density at radius 2 is 2.21 bits per heavy atom. The fourth-order valence-electron chi connectivity index (χ4n) is 3.75. The van der Waals surface area contributed by atoms with Gasteiger partial charge in [-0.3, -0.25) is 4.79 Å². The Balaban J connectivity index is 1.83. The van der Waals surface area contributed by atoms with Gasteiger partial charge in [0.1, 0.15) is 13.7 Å². The van der Waals surface area contributed by atoms with Crippen LogP contribution < -0.4 is 5.32 Å². The molecule has 1 amide bonds. The molecule has 1 fully saturated rings. The minimum absolute atomic E-state index is 0.220. The zero-order valence-corrected chi connectivity index (χ0v) is 16.7. The van der Waals surface area contributed by atoms with Crippen molar-refractivity contribution in [3.63, 3.8) is 0 Å². The van der Waals surface area contributed by atoms with E-state index >= 15 is 0 Å². The van der Waals surface area contributed by atoms with Gasteiger partial charge in [0.25, 0.3) is 5.91 Å². The van der Waals surface area contributed by atoms with Crippen LogP contribution in [0.4, 0.5) is 0 Å². The maximum absolute atomic E-state index is 12.2. The summed E-state index contributed by atoms with van der Waals surface area (Å²) in [5.74, 6) is 0.248. The Labute approximate surface area is 166 Å². The molecule has 1 unspecified atom stereocenters. The van der Waals surface area contributed by atoms with Crippen molar-refractivity contribution in [2.45, 2.75) is 39.2 Å². The molecule has 0 saturated heterocycles. The smallest absolute Gasteiger partial charge is 0.273 e. The highest BCUT2D eigenvalue weighted by atomic mass is 16.6. The third-order valence-corrected chi connectivity index (χ3v) is 5.25. The molecule has 0 aliphatic heterocycles. The molecular formula is C22H27N3O3. The lowest BCUT2D eigenvalue weighted by Crippen LogP contribution is -2.29. The van der Waals surface area contributed by atoms with E-state index in [1.54, 1.807) is 7.05 Å². The summed E-state index contributed by atoms with van der Waals surface area (Å²) in [6.45, 7) is 2.24. The van der Waals surface area contributed by atoms with Gasteiger partial charge in [0, 0.05) is 18.2 Å². The zero-order valence-electron chi connectivity index (χ0n) is 16.7. The average molecular weight is 381 g/mol. The molecule has 1 aromatic rings. The molecule has 2 aliphatic carbocycles. The molecule has 0 radical (unpaired) electrons. The Kier molecular flexibility index (Phi) is 6.63. The number of hydrogen-bond donors (Lipinski definition) is 1. The van der Waals surface area contributed by atoms with Crippen LogP contribution in [0.3, 0.4) is 0 Å². The Hall–Kier alpha value is -2.89. The molecule has 1 N–H and O–H groups in total. The molecule has 28 heavy (non-hydrogen) atoms. The molecule has 1 saturated carbocycles. The van der Waals surface area contributed by atoms with Crippen LogP contribution >= 0.6 is 0 Å². The zero-order chi connectivity index (χ0) is 19.9. The number of carbonyl (C=O) groups is 1. The molecule has 0 aromatic heterocycles. The predicted octanol–water partition coefficient (Wildman–Crippen LogP) is 3.65. The topological polar surface area (TPSA) is 72.3 Å². The molecule has 2 aliphatic rings. The summed E-state index contributed by atoms with van der Waals surface area (Å²) < 4.78 is 0. The van der Waals surface area contributed by atoms with Crippen molar-refractivity contribution in [3.05, 3.63) is 58.7 Å². The molecular weight excluding hydrogens is 354 g/mol. The minimum atomic E-state index is -0.311. The first kappa shape index (κ1) is 19.9. The van der Waals surface area contributed by atoms with Crippen molar-refractivity contribution < 1.29 is 14.5 Å². The number of aryl methyl sites for hydroxylation is 1. The predicted molar refractivity (Wildman–Crippen MR) is 110 cm³/mol. The standard InChI is InChI=1S/C22H27N3O3/c1-15-8-6-12-18(21(25-27-3)22(26)23-2)19(15)14-28-24-20-13-7-10-16-9-4-5-11-17(16)20/h4-6,8,11-12,16H,7,9-10,13-14H2,1-3H3,(H,23,26)/b24-20+,25-21+. The van der Waals surface area contributed by atoms with Crippen molar-refractivity contribution in [3.8, 4) is 0 Å². The molecule has 0 bridgehead atoms. The van der Waals surface area contributed by atoms with E-state index in [1.807, 2.05) is 25.1 Å². The van der Waals surface area contributed by atoms with Gasteiger partial charge in [0.2, 0.25) is 0 Å². The number of benzene rings is 1. The molecule has 1 atom stereocenters. The highest BCUT2D eigenvalue weighted by Crippen LogP contribution is 2.33. The van der Waals surface area contributed by atoms with Crippen LogP contribution in [0, 0.1) is 12.8 Å². The van der Waals surface area contributed by atoms with Crippen LogP contribution in [0.5, 0.6) is 0 Å². The van der Waals surface area contributed by atoms with Gasteiger partial charge in [0.15, 0.2) is 5.71 Å². The lowest BCUT2D eigenvalue weighted by molar-refractivity contribution is -0.114. The fourth-order valence-corrected chi connectivity index (χ4v) is 3.75. The van der Waals surface area contributed by atoms with Crippen LogP contribution in [0.2, 0.25) is 0 Å². The average Bonchev–Trinajstić information content (AvgIpc) is 2.73. The van der Waals surface area contributed by atoms with Gasteiger partial charge in [-0.05, 0) is 49.7 Å². The van der Waals surface area contributed by atoms with Crippen LogP contribution in [-0.2, 0) is 21.1 Å². The lowest BCUT2D eigenvalue weighted by Gasteiger charge is -2.27. The first-order chi connectivity index (χ1) is 13.7. The van der Waals surface area contributed by atoms with Gasteiger partial charge >= 0.3 is 0 Å². The number of nitrogens with one attached hydrogen (secondary N) is 1.